The summed E-state index contributed by atoms with van der Waals surface area (Å²) in [6.07, 6.45) is -0.243. The van der Waals surface area contributed by atoms with Crippen LogP contribution < -0.4 is 20.4 Å². The Labute approximate surface area is 316 Å². The quantitative estimate of drug-likeness (QED) is 0.264. The van der Waals surface area contributed by atoms with E-state index in [1.54, 1.807) is 18.2 Å². The van der Waals surface area contributed by atoms with E-state index >= 15 is 0 Å². The van der Waals surface area contributed by atoms with Gasteiger partial charge in [0.2, 0.25) is 0 Å². The number of aromatic nitrogens is 4. The second kappa shape index (κ2) is 16.7. The Morgan fingerprint density at radius 2 is 0.840 bits per heavy atom. The van der Waals surface area contributed by atoms with Crippen molar-refractivity contribution in [2.75, 3.05) is 0 Å². The third-order valence-electron chi connectivity index (χ3n) is 9.12. The van der Waals surface area contributed by atoms with Gasteiger partial charge >= 0.3 is 42.1 Å². The fraction of sp³-hybridized carbons (Fsp3) is 0.333. The van der Waals surface area contributed by atoms with Gasteiger partial charge in [-0.1, -0.05) is 0 Å². The molecule has 0 amide bonds. The van der Waals surface area contributed by atoms with Crippen LogP contribution in [0.15, 0.2) is 24.3 Å². The van der Waals surface area contributed by atoms with Crippen LogP contribution in [0.2, 0.25) is 0 Å². The Morgan fingerprint density at radius 3 is 1.28 bits per heavy atom. The summed E-state index contributed by atoms with van der Waals surface area (Å²) in [6, 6.07) is 7.20. The molecular weight excluding hydrogens is 1010 g/mol. The molecule has 0 aromatic carbocycles. The third-order valence-corrected chi connectivity index (χ3v) is 9.12. The van der Waals surface area contributed by atoms with Gasteiger partial charge in [0.05, 0.1) is 22.8 Å². The van der Waals surface area contributed by atoms with Crippen LogP contribution in [0.5, 0.6) is 0 Å². The van der Waals surface area contributed by atoms with Gasteiger partial charge < -0.3 is 49.6 Å². The number of carboxylic acids is 4. The molecule has 0 saturated heterocycles. The van der Waals surface area contributed by atoms with Gasteiger partial charge in [-0.25, -0.2) is 9.97 Å². The molecule has 14 heteroatoms. The number of nitrogens with zero attached hydrogens (tertiary/aromatic N) is 2. The van der Waals surface area contributed by atoms with E-state index in [4.69, 9.17) is 9.97 Å². The van der Waals surface area contributed by atoms with Crippen LogP contribution in [0.1, 0.15) is 97.4 Å². The maximum Gasteiger partial charge on any atom is 2.00 e. The average Bonchev–Trinajstić information content (AvgIpc) is 3.66. The molecule has 2 N–H and O–H groups in total. The summed E-state index contributed by atoms with van der Waals surface area (Å²) in [5, 5.41) is 45.9. The van der Waals surface area contributed by atoms with Crippen LogP contribution in [0.4, 0.5) is 0 Å². The van der Waals surface area contributed by atoms with Crippen molar-refractivity contribution in [2.45, 2.75) is 79.1 Å². The molecule has 0 unspecified atom stereocenters. The number of allylic oxidation sites excluding steroid dienone is 4. The maximum atomic E-state index is 11.5. The van der Waals surface area contributed by atoms with E-state index in [-0.39, 0.29) is 93.5 Å². The van der Waals surface area contributed by atoms with Gasteiger partial charge in [-0.05, 0) is 148 Å². The first kappa shape index (κ1) is 40.3. The Bertz CT molecular complexity index is 2110. The molecule has 12 nitrogen and oxygen atoms in total. The number of aromatic amines is 2. The minimum atomic E-state index is -1.21. The van der Waals surface area contributed by atoms with Crippen molar-refractivity contribution in [3.63, 3.8) is 0 Å². The maximum absolute atomic E-state index is 11.5. The first-order valence-corrected chi connectivity index (χ1v) is 15.7. The Hall–Kier alpha value is -4.14. The smallest absolute Gasteiger partial charge is 0.550 e. The van der Waals surface area contributed by atoms with Crippen molar-refractivity contribution in [2.24, 2.45) is 0 Å². The van der Waals surface area contributed by atoms with E-state index < -0.39 is 23.9 Å². The minimum Gasteiger partial charge on any atom is -0.550 e. The third kappa shape index (κ3) is 8.77. The van der Waals surface area contributed by atoms with Gasteiger partial charge in [0, 0.05) is 45.9 Å². The summed E-state index contributed by atoms with van der Waals surface area (Å²) in [7, 11) is 0. The van der Waals surface area contributed by atoms with Crippen molar-refractivity contribution < 1.29 is 81.7 Å². The zero-order chi connectivity index (χ0) is 34.9. The predicted molar refractivity (Wildman–Crippen MR) is 171 cm³/mol. The van der Waals surface area contributed by atoms with Crippen molar-refractivity contribution in [3.8, 4) is 0 Å². The number of hydrogen-bond donors (Lipinski definition) is 2. The first-order valence-electron chi connectivity index (χ1n) is 15.7. The molecule has 0 spiro atoms. The van der Waals surface area contributed by atoms with Crippen LogP contribution >= 0.6 is 0 Å². The second-order valence-corrected chi connectivity index (χ2v) is 12.1. The fourth-order valence-electron chi connectivity index (χ4n) is 6.40. The number of carbonyl (C=O) groups excluding carboxylic acids is 4. The first-order chi connectivity index (χ1) is 22.7. The summed E-state index contributed by atoms with van der Waals surface area (Å²) in [4.78, 5) is 62.4. The molecule has 0 aliphatic carbocycles. The number of H-pyrrole nitrogens is 2. The molecule has 3 aromatic rings. The Kier molecular flexibility index (Phi) is 13.5. The van der Waals surface area contributed by atoms with E-state index in [0.29, 0.717) is 56.0 Å². The van der Waals surface area contributed by atoms with Gasteiger partial charge in [0.15, 0.2) is 0 Å². The van der Waals surface area contributed by atoms with Gasteiger partial charge in [0.1, 0.15) is 0 Å². The monoisotopic (exact) mass is 1040 g/mol. The number of rotatable bonds is 12. The number of nitrogens with one attached hydrogen (secondary N) is 2. The van der Waals surface area contributed by atoms with E-state index in [1.807, 2.05) is 33.8 Å². The van der Waals surface area contributed by atoms with Crippen molar-refractivity contribution in [1.82, 2.24) is 19.9 Å². The second-order valence-electron chi connectivity index (χ2n) is 12.1. The summed E-state index contributed by atoms with van der Waals surface area (Å²) in [5.41, 5.74) is 10.5. The summed E-state index contributed by atoms with van der Waals surface area (Å²) in [6.45, 7) is 7.38. The molecule has 8 bridgehead atoms. The number of carbonyl (C=O) groups is 4. The molecule has 3 aromatic heterocycles. The Balaban J connectivity index is 0.00000338. The van der Waals surface area contributed by atoms with Gasteiger partial charge in [-0.3, -0.25) is 0 Å². The fourth-order valence-corrected chi connectivity index (χ4v) is 6.40. The minimum absolute atomic E-state index is 0. The number of carboxylic acid groups (broad SMARTS) is 4. The molecule has 0 saturated carbocycles. The Morgan fingerprint density at radius 1 is 0.500 bits per heavy atom. The average molecular weight is 1040 g/mol. The number of aryl methyl sites for hydroxylation is 4. The van der Waals surface area contributed by atoms with Gasteiger partial charge in [-0.2, -0.15) is 0 Å². The summed E-state index contributed by atoms with van der Waals surface area (Å²) >= 11 is 0. The molecule has 0 atom stereocenters. The van der Waals surface area contributed by atoms with Crippen molar-refractivity contribution in [1.29, 1.82) is 0 Å². The van der Waals surface area contributed by atoms with Crippen LogP contribution in [0, 0.1) is 13.8 Å². The standard InChI is InChI=1S/C36H38N4O8.2Pt/c1-17-21(5-9-33(41)42)29-14-26-19(3)23(7-11-35(45)46)31(39-26)16-28-20(4)24(8-12-36(47)48)32(40-28)15-27-18(2)22(6-10-34(43)44)30(38-27)13-25(17)37-29;;/h13-16,37-38H,5-12H2,1-4H3,(H,41,42)(H,43,44)(H,45,46)(H,47,48);;/q;2*+2/p-4. The molecule has 5 rings (SSSR count). The van der Waals surface area contributed by atoms with Gasteiger partial charge in [-0.15, -0.1) is 0 Å². The topological polar surface area (TPSA) is 218 Å². The molecule has 266 valence electrons. The largest absolute Gasteiger partial charge is 2.00 e. The molecule has 0 radical (unpaired) electrons. The molecule has 5 heterocycles. The number of fused-ring (bicyclic) bond motifs is 8. The molecule has 2 aliphatic rings. The normalized spacial score (nSPS) is 12.4. The zero-order valence-electron chi connectivity index (χ0n) is 27.8. The molecular formula is C36H34N4O8Pt2. The summed E-state index contributed by atoms with van der Waals surface area (Å²) < 4.78 is 0. The molecule has 2 aliphatic heterocycles. The van der Waals surface area contributed by atoms with E-state index in [1.165, 1.54) is 0 Å². The SMILES string of the molecule is CC1=C(CCC(=O)[O-])c2cc3nc(cc4[nH]c(cc5[nH]c(cc1n2)c(CCC(=O)[O-])c5C)c(CCC(=O)[O-])c4C)C(CCC(=O)[O-])=C3C.[Pt+2].[Pt+2]. The van der Waals surface area contributed by atoms with Crippen molar-refractivity contribution >= 4 is 68.2 Å². The molecule has 50 heavy (non-hydrogen) atoms. The number of hydrogen-bond acceptors (Lipinski definition) is 10. The van der Waals surface area contributed by atoms with E-state index in [9.17, 15) is 39.6 Å². The van der Waals surface area contributed by atoms with Gasteiger partial charge in [0.25, 0.3) is 0 Å². The van der Waals surface area contributed by atoms with Crippen LogP contribution in [0.3, 0.4) is 0 Å². The van der Waals surface area contributed by atoms with Crippen LogP contribution in [-0.4, -0.2) is 43.8 Å². The van der Waals surface area contributed by atoms with E-state index in [2.05, 4.69) is 9.97 Å². The summed E-state index contributed by atoms with van der Waals surface area (Å²) in [5.74, 6) is -4.81. The van der Waals surface area contributed by atoms with E-state index in [0.717, 1.165) is 33.4 Å². The van der Waals surface area contributed by atoms with Crippen LogP contribution in [0.25, 0.3) is 44.4 Å². The van der Waals surface area contributed by atoms with Crippen LogP contribution in [-0.2, 0) is 74.2 Å². The molecule has 0 fully saturated rings. The van der Waals surface area contributed by atoms with Crippen molar-refractivity contribution in [3.05, 3.63) is 69.3 Å². The number of aliphatic carboxylic acids is 4. The zero-order valence-corrected chi connectivity index (χ0v) is 32.3. The predicted octanol–water partition coefficient (Wildman–Crippen LogP) is 1.21.